The van der Waals surface area contributed by atoms with Gasteiger partial charge in [0.1, 0.15) is 11.6 Å². The number of aromatic nitrogens is 2. The predicted octanol–water partition coefficient (Wildman–Crippen LogP) is 1.90. The van der Waals surface area contributed by atoms with Gasteiger partial charge in [-0.05, 0) is 24.3 Å². The summed E-state index contributed by atoms with van der Waals surface area (Å²) >= 11 is 0. The average Bonchev–Trinajstić information content (AvgIpc) is 3.02. The molecule has 27 heavy (non-hydrogen) atoms. The van der Waals surface area contributed by atoms with Crippen LogP contribution in [-0.2, 0) is 11.8 Å². The van der Waals surface area contributed by atoms with E-state index in [1.807, 2.05) is 22.7 Å². The van der Waals surface area contributed by atoms with Crippen molar-refractivity contribution in [2.24, 2.45) is 7.05 Å². The number of hydrogen-bond acceptors (Lipinski definition) is 5. The van der Waals surface area contributed by atoms with Gasteiger partial charge in [0.15, 0.2) is 0 Å². The fraction of sp³-hybridized carbons (Fsp3) is 0.412. The van der Waals surface area contributed by atoms with E-state index in [0.29, 0.717) is 18.8 Å². The summed E-state index contributed by atoms with van der Waals surface area (Å²) in [5.74, 6) is 0.279. The molecule has 0 bridgehead atoms. The van der Waals surface area contributed by atoms with Crippen molar-refractivity contribution >= 4 is 11.6 Å². The maximum absolute atomic E-state index is 12.4. The zero-order valence-electron chi connectivity index (χ0n) is 14.7. The number of aryl methyl sites for hydroxylation is 1. The molecule has 1 saturated heterocycles. The summed E-state index contributed by atoms with van der Waals surface area (Å²) in [5.41, 5.74) is 0.401. The number of nitrogens with zero attached hydrogens (tertiary/aromatic N) is 3. The van der Waals surface area contributed by atoms with Gasteiger partial charge in [-0.25, -0.2) is 4.98 Å². The van der Waals surface area contributed by atoms with Crippen molar-refractivity contribution in [1.82, 2.24) is 19.8 Å². The van der Waals surface area contributed by atoms with Gasteiger partial charge in [-0.2, -0.15) is 0 Å². The molecule has 1 unspecified atom stereocenters. The standard InChI is InChI=1S/C17H20F3N5O2/c1-24-8-7-22-16(24)14-10-21-6-9-25(14)11-15(26)23-12-2-4-13(5-3-12)27-17(18,19)20/h2-5,7-8,14,21H,6,9-11H2,1H3,(H,23,26). The van der Waals surface area contributed by atoms with Crippen molar-refractivity contribution in [3.8, 4) is 5.75 Å². The van der Waals surface area contributed by atoms with Gasteiger partial charge in [0.25, 0.3) is 0 Å². The first kappa shape index (κ1) is 19.2. The van der Waals surface area contributed by atoms with E-state index in [2.05, 4.69) is 20.4 Å². The molecule has 1 fully saturated rings. The topological polar surface area (TPSA) is 71.4 Å². The van der Waals surface area contributed by atoms with E-state index in [4.69, 9.17) is 0 Å². The van der Waals surface area contributed by atoms with Crippen molar-refractivity contribution in [1.29, 1.82) is 0 Å². The fourth-order valence-corrected chi connectivity index (χ4v) is 3.01. The summed E-state index contributed by atoms with van der Waals surface area (Å²) in [6.07, 6.45) is -1.17. The van der Waals surface area contributed by atoms with Crippen LogP contribution in [0.3, 0.4) is 0 Å². The highest BCUT2D eigenvalue weighted by Crippen LogP contribution is 2.24. The van der Waals surface area contributed by atoms with Crippen LogP contribution in [-0.4, -0.2) is 52.9 Å². The summed E-state index contributed by atoms with van der Waals surface area (Å²) < 4.78 is 42.3. The van der Waals surface area contributed by atoms with E-state index in [1.165, 1.54) is 12.1 Å². The van der Waals surface area contributed by atoms with Crippen molar-refractivity contribution in [3.63, 3.8) is 0 Å². The molecule has 146 valence electrons. The molecular weight excluding hydrogens is 363 g/mol. The molecule has 1 amide bonds. The number of halogens is 3. The Bertz CT molecular complexity index is 776. The van der Waals surface area contributed by atoms with Crippen LogP contribution in [0.15, 0.2) is 36.7 Å². The minimum Gasteiger partial charge on any atom is -0.406 e. The Balaban J connectivity index is 1.60. The van der Waals surface area contributed by atoms with Crippen LogP contribution in [0.4, 0.5) is 18.9 Å². The van der Waals surface area contributed by atoms with Crippen LogP contribution >= 0.6 is 0 Å². The summed E-state index contributed by atoms with van der Waals surface area (Å²) in [7, 11) is 1.90. The van der Waals surface area contributed by atoms with E-state index in [0.717, 1.165) is 24.5 Å². The summed E-state index contributed by atoms with van der Waals surface area (Å²) in [5, 5.41) is 5.99. The van der Waals surface area contributed by atoms with Crippen molar-refractivity contribution < 1.29 is 22.7 Å². The van der Waals surface area contributed by atoms with Gasteiger partial charge in [-0.3, -0.25) is 9.69 Å². The lowest BCUT2D eigenvalue weighted by Crippen LogP contribution is -2.49. The highest BCUT2D eigenvalue weighted by Gasteiger charge is 2.31. The second-order valence-corrected chi connectivity index (χ2v) is 6.21. The number of amides is 1. The van der Waals surface area contributed by atoms with Gasteiger partial charge < -0.3 is 19.9 Å². The van der Waals surface area contributed by atoms with E-state index in [1.54, 1.807) is 6.20 Å². The number of carbonyl (C=O) groups excluding carboxylic acids is 1. The molecule has 3 rings (SSSR count). The van der Waals surface area contributed by atoms with Crippen LogP contribution < -0.4 is 15.4 Å². The zero-order chi connectivity index (χ0) is 19.4. The molecule has 1 aliphatic rings. The molecule has 1 atom stereocenters. The predicted molar refractivity (Wildman–Crippen MR) is 92.1 cm³/mol. The maximum atomic E-state index is 12.4. The van der Waals surface area contributed by atoms with Crippen LogP contribution in [0.1, 0.15) is 11.9 Å². The van der Waals surface area contributed by atoms with Gasteiger partial charge in [-0.15, -0.1) is 13.2 Å². The Morgan fingerprint density at radius 2 is 2.11 bits per heavy atom. The number of carbonyl (C=O) groups is 1. The first-order chi connectivity index (χ1) is 12.8. The number of anilines is 1. The van der Waals surface area contributed by atoms with Crippen LogP contribution in [0.2, 0.25) is 0 Å². The first-order valence-electron chi connectivity index (χ1n) is 8.39. The molecule has 0 aliphatic carbocycles. The Morgan fingerprint density at radius 3 is 2.74 bits per heavy atom. The normalized spacial score (nSPS) is 18.3. The van der Waals surface area contributed by atoms with E-state index in [9.17, 15) is 18.0 Å². The third kappa shape index (κ3) is 5.20. The number of piperazine rings is 1. The van der Waals surface area contributed by atoms with Gasteiger partial charge in [-0.1, -0.05) is 0 Å². The molecular formula is C17H20F3N5O2. The third-order valence-corrected chi connectivity index (χ3v) is 4.23. The number of nitrogens with one attached hydrogen (secondary N) is 2. The molecule has 1 aromatic heterocycles. The smallest absolute Gasteiger partial charge is 0.406 e. The summed E-state index contributed by atoms with van der Waals surface area (Å²) in [6.45, 7) is 2.28. The molecule has 1 aromatic carbocycles. The second-order valence-electron chi connectivity index (χ2n) is 6.21. The van der Waals surface area contributed by atoms with Crippen LogP contribution in [0, 0.1) is 0 Å². The minimum absolute atomic E-state index is 0.0351. The molecule has 0 saturated carbocycles. The number of imidazole rings is 1. The highest BCUT2D eigenvalue weighted by atomic mass is 19.4. The van der Waals surface area contributed by atoms with E-state index < -0.39 is 6.36 Å². The molecule has 2 aromatic rings. The van der Waals surface area contributed by atoms with E-state index >= 15 is 0 Å². The van der Waals surface area contributed by atoms with Gasteiger partial charge in [0, 0.05) is 44.8 Å². The molecule has 2 N–H and O–H groups in total. The van der Waals surface area contributed by atoms with Gasteiger partial charge in [0.2, 0.25) is 5.91 Å². The van der Waals surface area contributed by atoms with Crippen molar-refractivity contribution in [2.75, 3.05) is 31.5 Å². The van der Waals surface area contributed by atoms with E-state index in [-0.39, 0.29) is 24.2 Å². The molecule has 10 heteroatoms. The summed E-state index contributed by atoms with van der Waals surface area (Å²) in [4.78, 5) is 18.8. The lowest BCUT2D eigenvalue weighted by molar-refractivity contribution is -0.274. The van der Waals surface area contributed by atoms with Gasteiger partial charge in [0.05, 0.1) is 12.6 Å². The second kappa shape index (κ2) is 7.97. The molecule has 2 heterocycles. The Hall–Kier alpha value is -2.59. The third-order valence-electron chi connectivity index (χ3n) is 4.23. The van der Waals surface area contributed by atoms with Gasteiger partial charge >= 0.3 is 6.36 Å². The highest BCUT2D eigenvalue weighted by molar-refractivity contribution is 5.92. The fourth-order valence-electron chi connectivity index (χ4n) is 3.01. The molecule has 1 aliphatic heterocycles. The SMILES string of the molecule is Cn1ccnc1C1CNCCN1CC(=O)Nc1ccc(OC(F)(F)F)cc1. The number of ether oxygens (including phenoxy) is 1. The number of rotatable bonds is 5. The maximum Gasteiger partial charge on any atom is 0.573 e. The van der Waals surface area contributed by atoms with Crippen LogP contribution in [0.5, 0.6) is 5.75 Å². The monoisotopic (exact) mass is 383 g/mol. The molecule has 7 nitrogen and oxygen atoms in total. The number of benzene rings is 1. The average molecular weight is 383 g/mol. The van der Waals surface area contributed by atoms with Crippen molar-refractivity contribution in [2.45, 2.75) is 12.4 Å². The Labute approximate surface area is 154 Å². The molecule has 0 spiro atoms. The largest absolute Gasteiger partial charge is 0.573 e. The summed E-state index contributed by atoms with van der Waals surface area (Å²) in [6, 6.07) is 5.02. The first-order valence-corrected chi connectivity index (χ1v) is 8.39. The molecule has 0 radical (unpaired) electrons. The van der Waals surface area contributed by atoms with Crippen LogP contribution in [0.25, 0.3) is 0 Å². The quantitative estimate of drug-likeness (QED) is 0.825. The Morgan fingerprint density at radius 1 is 1.37 bits per heavy atom. The number of alkyl halides is 3. The van der Waals surface area contributed by atoms with Crippen molar-refractivity contribution in [3.05, 3.63) is 42.5 Å². The minimum atomic E-state index is -4.74. The lowest BCUT2D eigenvalue weighted by atomic mass is 10.1. The zero-order valence-corrected chi connectivity index (χ0v) is 14.7. The lowest BCUT2D eigenvalue weighted by Gasteiger charge is -2.35. The Kier molecular flexibility index (Phi) is 5.66. The number of hydrogen-bond donors (Lipinski definition) is 2.